The Morgan fingerprint density at radius 2 is 1.40 bits per heavy atom. The van der Waals surface area contributed by atoms with Gasteiger partial charge in [-0.2, -0.15) is 0 Å². The number of rotatable bonds is 3. The predicted molar refractivity (Wildman–Crippen MR) is 43.3 cm³/mol. The summed E-state index contributed by atoms with van der Waals surface area (Å²) in [5.74, 6) is -1.51. The maximum Gasteiger partial charge on any atom is 0.335 e. The van der Waals surface area contributed by atoms with Gasteiger partial charge in [0.2, 0.25) is 0 Å². The summed E-state index contributed by atoms with van der Waals surface area (Å²) >= 11 is 0. The largest absolute Gasteiger partial charge is 0.478 e. The number of aromatic carboxylic acids is 1. The van der Waals surface area contributed by atoms with Crippen molar-refractivity contribution in [1.82, 2.24) is 0 Å². The summed E-state index contributed by atoms with van der Waals surface area (Å²) in [7, 11) is 0. The van der Waals surface area contributed by atoms with Crippen LogP contribution in [-0.2, 0) is 0 Å². The lowest BCUT2D eigenvalue weighted by atomic mass is 10.1. The van der Waals surface area contributed by atoms with Crippen LogP contribution in [0.1, 0.15) is 34.3 Å². The smallest absolute Gasteiger partial charge is 0.335 e. The molecule has 0 aromatic heterocycles. The first-order chi connectivity index (χ1) is 6.91. The maximum atomic E-state index is 12.2. The van der Waals surface area contributed by atoms with E-state index in [0.29, 0.717) is 18.2 Å². The van der Waals surface area contributed by atoms with Gasteiger partial charge in [-0.15, -0.1) is 0 Å². The van der Waals surface area contributed by atoms with Gasteiger partial charge in [0.15, 0.2) is 0 Å². The Balaban J connectivity index is 3.26. The van der Waals surface area contributed by atoms with E-state index in [1.807, 2.05) is 0 Å². The van der Waals surface area contributed by atoms with Crippen molar-refractivity contribution in [2.45, 2.75) is 12.9 Å². The fourth-order valence-electron chi connectivity index (χ4n) is 1.05. The van der Waals surface area contributed by atoms with Gasteiger partial charge < -0.3 is 5.11 Å². The molecule has 0 fully saturated rings. The molecule has 0 spiro atoms. The third kappa shape index (κ3) is 2.68. The van der Waals surface area contributed by atoms with Crippen LogP contribution in [0, 0.1) is 0 Å². The molecule has 1 aromatic rings. The lowest BCUT2D eigenvalue weighted by Crippen LogP contribution is -2.00. The Labute approximate surface area is 82.1 Å². The zero-order valence-corrected chi connectivity index (χ0v) is 7.25. The molecule has 0 aliphatic rings. The van der Waals surface area contributed by atoms with Crippen LogP contribution >= 0.6 is 0 Å². The third-order valence-corrected chi connectivity index (χ3v) is 1.73. The summed E-state index contributed by atoms with van der Waals surface area (Å²) in [6, 6.07) is 1.96. The Morgan fingerprint density at radius 1 is 1.00 bits per heavy atom. The molecule has 0 bridgehead atoms. The first kappa shape index (κ1) is 11.5. The van der Waals surface area contributed by atoms with Crippen LogP contribution in [0.4, 0.5) is 17.6 Å². The van der Waals surface area contributed by atoms with Crippen LogP contribution in [0.3, 0.4) is 0 Å². The summed E-state index contributed by atoms with van der Waals surface area (Å²) in [5.41, 5.74) is -2.00. The normalized spacial score (nSPS) is 11.1. The van der Waals surface area contributed by atoms with Gasteiger partial charge in [-0.3, -0.25) is 0 Å². The molecule has 15 heavy (non-hydrogen) atoms. The molecule has 0 aliphatic heterocycles. The number of halogens is 4. The zero-order valence-electron chi connectivity index (χ0n) is 7.25. The molecule has 0 saturated carbocycles. The lowest BCUT2D eigenvalue weighted by molar-refractivity contribution is 0.0696. The van der Waals surface area contributed by atoms with Crippen molar-refractivity contribution in [3.63, 3.8) is 0 Å². The molecule has 0 radical (unpaired) electrons. The number of hydrogen-bond acceptors (Lipinski definition) is 1. The van der Waals surface area contributed by atoms with Crippen molar-refractivity contribution >= 4 is 5.97 Å². The minimum absolute atomic E-state index is 0.567. The molecule has 6 heteroatoms. The van der Waals surface area contributed by atoms with E-state index in [4.69, 9.17) is 5.11 Å². The van der Waals surface area contributed by atoms with Crippen molar-refractivity contribution in [2.75, 3.05) is 0 Å². The molecular weight excluding hydrogens is 216 g/mol. The highest BCUT2D eigenvalue weighted by molar-refractivity contribution is 5.88. The SMILES string of the molecule is O=C(O)c1cc(C(F)F)cc(C(F)F)c1. The third-order valence-electron chi connectivity index (χ3n) is 1.73. The number of benzene rings is 1. The molecular formula is C9H6F4O2. The van der Waals surface area contributed by atoms with Crippen LogP contribution in [0.5, 0.6) is 0 Å². The molecule has 0 aliphatic carbocycles. The molecule has 0 atom stereocenters. The molecule has 0 unspecified atom stereocenters. The van der Waals surface area contributed by atoms with Gasteiger partial charge in [-0.05, 0) is 18.2 Å². The lowest BCUT2D eigenvalue weighted by Gasteiger charge is -2.06. The van der Waals surface area contributed by atoms with Gasteiger partial charge in [0.1, 0.15) is 0 Å². The molecule has 0 saturated heterocycles. The van der Waals surface area contributed by atoms with E-state index in [0.717, 1.165) is 0 Å². The fourth-order valence-corrected chi connectivity index (χ4v) is 1.05. The molecule has 0 amide bonds. The Hall–Kier alpha value is -1.59. The number of carboxylic acid groups (broad SMARTS) is 1. The number of carboxylic acids is 1. The minimum Gasteiger partial charge on any atom is -0.478 e. The average molecular weight is 222 g/mol. The Kier molecular flexibility index (Phi) is 3.28. The Morgan fingerprint density at radius 3 is 1.67 bits per heavy atom. The van der Waals surface area contributed by atoms with Crippen molar-refractivity contribution < 1.29 is 27.5 Å². The van der Waals surface area contributed by atoms with Gasteiger partial charge in [-0.25, -0.2) is 22.4 Å². The molecule has 82 valence electrons. The van der Waals surface area contributed by atoms with E-state index >= 15 is 0 Å². The van der Waals surface area contributed by atoms with Crippen LogP contribution in [0.15, 0.2) is 18.2 Å². The Bertz CT molecular complexity index is 350. The zero-order chi connectivity index (χ0) is 11.6. The monoisotopic (exact) mass is 222 g/mol. The van der Waals surface area contributed by atoms with Gasteiger partial charge in [-0.1, -0.05) is 0 Å². The average Bonchev–Trinajstić information content (AvgIpc) is 2.16. The van der Waals surface area contributed by atoms with Gasteiger partial charge in [0, 0.05) is 11.1 Å². The van der Waals surface area contributed by atoms with E-state index in [2.05, 4.69) is 0 Å². The second kappa shape index (κ2) is 4.29. The van der Waals surface area contributed by atoms with Crippen molar-refractivity contribution in [3.05, 3.63) is 34.9 Å². The van der Waals surface area contributed by atoms with Gasteiger partial charge in [0.05, 0.1) is 5.56 Å². The highest BCUT2D eigenvalue weighted by atomic mass is 19.3. The van der Waals surface area contributed by atoms with Crippen LogP contribution in [0.25, 0.3) is 0 Å². The van der Waals surface area contributed by atoms with Crippen LogP contribution < -0.4 is 0 Å². The maximum absolute atomic E-state index is 12.2. The fraction of sp³-hybridized carbons (Fsp3) is 0.222. The summed E-state index contributed by atoms with van der Waals surface area (Å²) in [6.45, 7) is 0. The second-order valence-electron chi connectivity index (χ2n) is 2.79. The summed E-state index contributed by atoms with van der Waals surface area (Å²) < 4.78 is 48.9. The van der Waals surface area contributed by atoms with E-state index in [-0.39, 0.29) is 0 Å². The summed E-state index contributed by atoms with van der Waals surface area (Å²) in [6.07, 6.45) is -5.94. The van der Waals surface area contributed by atoms with E-state index in [9.17, 15) is 22.4 Å². The summed E-state index contributed by atoms with van der Waals surface area (Å²) in [5, 5.41) is 8.51. The molecule has 0 heterocycles. The van der Waals surface area contributed by atoms with Gasteiger partial charge in [0.25, 0.3) is 12.9 Å². The minimum atomic E-state index is -2.97. The number of carbonyl (C=O) groups is 1. The standard InChI is InChI=1S/C9H6F4O2/c10-7(11)4-1-5(8(12)13)3-6(2-4)9(14)15/h1-3,7-8H,(H,14,15). The first-order valence-electron chi connectivity index (χ1n) is 3.86. The quantitative estimate of drug-likeness (QED) is 0.797. The highest BCUT2D eigenvalue weighted by Crippen LogP contribution is 2.26. The predicted octanol–water partition coefficient (Wildman–Crippen LogP) is 3.26. The summed E-state index contributed by atoms with van der Waals surface area (Å²) in [4.78, 5) is 10.5. The second-order valence-corrected chi connectivity index (χ2v) is 2.79. The van der Waals surface area contributed by atoms with E-state index in [1.165, 1.54) is 0 Å². The van der Waals surface area contributed by atoms with Crippen molar-refractivity contribution in [3.8, 4) is 0 Å². The van der Waals surface area contributed by atoms with E-state index in [1.54, 1.807) is 0 Å². The van der Waals surface area contributed by atoms with Crippen molar-refractivity contribution in [2.24, 2.45) is 0 Å². The molecule has 2 nitrogen and oxygen atoms in total. The van der Waals surface area contributed by atoms with Crippen molar-refractivity contribution in [1.29, 1.82) is 0 Å². The number of hydrogen-bond donors (Lipinski definition) is 1. The number of alkyl halides is 4. The first-order valence-corrected chi connectivity index (χ1v) is 3.86. The van der Waals surface area contributed by atoms with Gasteiger partial charge >= 0.3 is 5.97 Å². The molecule has 1 rings (SSSR count). The van der Waals surface area contributed by atoms with Crippen LogP contribution in [-0.4, -0.2) is 11.1 Å². The van der Waals surface area contributed by atoms with Crippen LogP contribution in [0.2, 0.25) is 0 Å². The topological polar surface area (TPSA) is 37.3 Å². The van der Waals surface area contributed by atoms with E-state index < -0.39 is 35.5 Å². The highest BCUT2D eigenvalue weighted by Gasteiger charge is 2.17. The molecule has 1 N–H and O–H groups in total. The molecule has 1 aromatic carbocycles.